The van der Waals surface area contributed by atoms with E-state index in [0.29, 0.717) is 23.5 Å². The molecule has 1 atom stereocenters. The number of aryl methyl sites for hydroxylation is 1. The largest absolute Gasteiger partial charge is 0.350 e. The number of rotatable bonds is 5. The quantitative estimate of drug-likeness (QED) is 0.351. The first-order valence-electron chi connectivity index (χ1n) is 8.66. The fourth-order valence-corrected chi connectivity index (χ4v) is 3.05. The van der Waals surface area contributed by atoms with Crippen LogP contribution in [-0.2, 0) is 0 Å². The van der Waals surface area contributed by atoms with Crippen molar-refractivity contribution in [3.05, 3.63) is 42.2 Å². The van der Waals surface area contributed by atoms with Gasteiger partial charge in [-0.25, -0.2) is 4.98 Å². The molecule has 8 nitrogen and oxygen atoms in total. The van der Waals surface area contributed by atoms with Crippen molar-refractivity contribution < 1.29 is 0 Å². The number of aromatic nitrogens is 3. The van der Waals surface area contributed by atoms with Gasteiger partial charge in [0.05, 0.1) is 11.7 Å². The Morgan fingerprint density at radius 1 is 1.19 bits per heavy atom. The fraction of sp³-hybridized carbons (Fsp3) is 0.278. The third-order valence-corrected chi connectivity index (χ3v) is 4.43. The van der Waals surface area contributed by atoms with Crippen LogP contribution >= 0.6 is 0 Å². The van der Waals surface area contributed by atoms with Crippen molar-refractivity contribution >= 4 is 34.0 Å². The number of benzene rings is 1. The minimum absolute atomic E-state index is 0.342. The highest BCUT2D eigenvalue weighted by Crippen LogP contribution is 2.26. The van der Waals surface area contributed by atoms with Gasteiger partial charge in [0.2, 0.25) is 5.95 Å². The maximum atomic E-state index is 5.61. The molecule has 0 spiro atoms. The zero-order valence-corrected chi connectivity index (χ0v) is 14.6. The lowest BCUT2D eigenvalue weighted by molar-refractivity contribution is 0.781. The highest BCUT2D eigenvalue weighted by molar-refractivity contribution is 5.84. The molecule has 8 heteroatoms. The van der Waals surface area contributed by atoms with Crippen LogP contribution in [0.4, 0.5) is 23.1 Å². The van der Waals surface area contributed by atoms with Crippen LogP contribution in [0, 0.1) is 6.92 Å². The van der Waals surface area contributed by atoms with Gasteiger partial charge in [0.15, 0.2) is 5.82 Å². The van der Waals surface area contributed by atoms with Crippen LogP contribution in [0.15, 0.2) is 36.5 Å². The molecule has 0 unspecified atom stereocenters. The van der Waals surface area contributed by atoms with Gasteiger partial charge >= 0.3 is 0 Å². The molecule has 3 heterocycles. The van der Waals surface area contributed by atoms with E-state index in [-0.39, 0.29) is 0 Å². The summed E-state index contributed by atoms with van der Waals surface area (Å²) >= 11 is 0. The molecular weight excluding hydrogens is 328 g/mol. The van der Waals surface area contributed by atoms with E-state index in [0.717, 1.165) is 41.8 Å². The van der Waals surface area contributed by atoms with Crippen molar-refractivity contribution in [2.24, 2.45) is 5.84 Å². The van der Waals surface area contributed by atoms with E-state index in [4.69, 9.17) is 5.84 Å². The van der Waals surface area contributed by atoms with Crippen molar-refractivity contribution in [1.29, 1.82) is 0 Å². The van der Waals surface area contributed by atoms with Crippen LogP contribution < -0.4 is 27.2 Å². The van der Waals surface area contributed by atoms with Gasteiger partial charge in [0.25, 0.3) is 0 Å². The molecule has 2 aromatic heterocycles. The smallest absolute Gasteiger partial charge is 0.225 e. The van der Waals surface area contributed by atoms with Gasteiger partial charge in [-0.2, -0.15) is 4.98 Å². The molecule has 1 aliphatic heterocycles. The van der Waals surface area contributed by atoms with Crippen molar-refractivity contribution in [1.82, 2.24) is 20.3 Å². The topological polar surface area (TPSA) is 113 Å². The van der Waals surface area contributed by atoms with Crippen LogP contribution in [0.3, 0.4) is 0 Å². The number of nitrogens with zero attached hydrogens (tertiary/aromatic N) is 3. The number of fused-ring (bicyclic) bond motifs is 1. The molecule has 0 radical (unpaired) electrons. The summed E-state index contributed by atoms with van der Waals surface area (Å²) in [5.41, 5.74) is 6.14. The van der Waals surface area contributed by atoms with E-state index in [2.05, 4.69) is 42.4 Å². The summed E-state index contributed by atoms with van der Waals surface area (Å²) in [6.45, 7) is 3.91. The Morgan fingerprint density at radius 3 is 2.92 bits per heavy atom. The molecule has 0 amide bonds. The van der Waals surface area contributed by atoms with Gasteiger partial charge in [-0.15, -0.1) is 0 Å². The van der Waals surface area contributed by atoms with Crippen molar-refractivity contribution in [3.63, 3.8) is 0 Å². The molecule has 4 rings (SSSR count). The summed E-state index contributed by atoms with van der Waals surface area (Å²) in [4.78, 5) is 13.4. The highest BCUT2D eigenvalue weighted by atomic mass is 15.3. The second-order valence-corrected chi connectivity index (χ2v) is 6.42. The molecular formula is C18H22N8. The highest BCUT2D eigenvalue weighted by Gasteiger charge is 2.16. The van der Waals surface area contributed by atoms with Gasteiger partial charge in [0.1, 0.15) is 5.69 Å². The second kappa shape index (κ2) is 7.11. The fourth-order valence-electron chi connectivity index (χ4n) is 3.05. The van der Waals surface area contributed by atoms with Crippen molar-refractivity contribution in [2.75, 3.05) is 29.1 Å². The SMILES string of the molecule is Cc1ccc2cc(Nc3nc(N[C@@H]4CCNC4)ncc3NN)ccc2n1. The summed E-state index contributed by atoms with van der Waals surface area (Å²) in [5.74, 6) is 6.82. The zero-order chi connectivity index (χ0) is 17.9. The van der Waals surface area contributed by atoms with Crippen LogP contribution in [0.1, 0.15) is 12.1 Å². The minimum atomic E-state index is 0.342. The Bertz CT molecular complexity index is 920. The van der Waals surface area contributed by atoms with Crippen molar-refractivity contribution in [2.45, 2.75) is 19.4 Å². The van der Waals surface area contributed by atoms with Crippen LogP contribution in [0.25, 0.3) is 10.9 Å². The van der Waals surface area contributed by atoms with Crippen LogP contribution in [-0.4, -0.2) is 34.1 Å². The number of hydrogen-bond acceptors (Lipinski definition) is 8. The van der Waals surface area contributed by atoms with E-state index in [1.54, 1.807) is 6.20 Å². The molecule has 6 N–H and O–H groups in total. The van der Waals surface area contributed by atoms with Gasteiger partial charge in [-0.1, -0.05) is 6.07 Å². The number of pyridine rings is 1. The Labute approximate surface area is 151 Å². The molecule has 0 bridgehead atoms. The van der Waals surface area contributed by atoms with E-state index in [1.807, 2.05) is 31.2 Å². The van der Waals surface area contributed by atoms with E-state index >= 15 is 0 Å². The maximum absolute atomic E-state index is 5.61. The number of hydrogen-bond donors (Lipinski definition) is 5. The third-order valence-electron chi connectivity index (χ3n) is 4.43. The third kappa shape index (κ3) is 3.51. The van der Waals surface area contributed by atoms with Gasteiger partial charge < -0.3 is 21.4 Å². The molecule has 26 heavy (non-hydrogen) atoms. The molecule has 0 aliphatic carbocycles. The maximum Gasteiger partial charge on any atom is 0.225 e. The van der Waals surface area contributed by atoms with E-state index in [9.17, 15) is 0 Å². The predicted molar refractivity (Wildman–Crippen MR) is 105 cm³/mol. The number of nitrogens with two attached hydrogens (primary N) is 1. The second-order valence-electron chi connectivity index (χ2n) is 6.42. The van der Waals surface area contributed by atoms with Gasteiger partial charge in [0, 0.05) is 29.4 Å². The molecule has 0 saturated carbocycles. The standard InChI is InChI=1S/C18H22N8/c1-11-2-3-12-8-13(4-5-15(12)22-11)23-17-16(26-19)10-21-18(25-17)24-14-6-7-20-9-14/h2-5,8,10,14,20,26H,6-7,9,19H2,1H3,(H2,21,23,24,25)/t14-/m1/s1. The number of nitrogens with one attached hydrogen (secondary N) is 4. The molecule has 1 saturated heterocycles. The van der Waals surface area contributed by atoms with Crippen LogP contribution in [0.5, 0.6) is 0 Å². The van der Waals surface area contributed by atoms with Gasteiger partial charge in [-0.3, -0.25) is 10.8 Å². The normalized spacial score (nSPS) is 16.6. The van der Waals surface area contributed by atoms with Gasteiger partial charge in [-0.05, 0) is 44.2 Å². The molecule has 1 aromatic carbocycles. The monoisotopic (exact) mass is 350 g/mol. The Morgan fingerprint density at radius 2 is 2.12 bits per heavy atom. The first kappa shape index (κ1) is 16.5. The summed E-state index contributed by atoms with van der Waals surface area (Å²) in [6.07, 6.45) is 2.73. The Hall–Kier alpha value is -2.97. The molecule has 134 valence electrons. The number of hydrazine groups is 1. The lowest BCUT2D eigenvalue weighted by Crippen LogP contribution is -2.23. The molecule has 1 aliphatic rings. The van der Waals surface area contributed by atoms with Crippen LogP contribution in [0.2, 0.25) is 0 Å². The number of anilines is 4. The Balaban J connectivity index is 1.60. The zero-order valence-electron chi connectivity index (χ0n) is 14.6. The number of nitrogen functional groups attached to an aromatic ring is 1. The van der Waals surface area contributed by atoms with E-state index in [1.165, 1.54) is 0 Å². The lowest BCUT2D eigenvalue weighted by Gasteiger charge is -2.15. The average Bonchev–Trinajstić information content (AvgIpc) is 3.15. The summed E-state index contributed by atoms with van der Waals surface area (Å²) in [7, 11) is 0. The van der Waals surface area contributed by atoms with E-state index < -0.39 is 0 Å². The summed E-state index contributed by atoms with van der Waals surface area (Å²) in [6, 6.07) is 10.4. The van der Waals surface area contributed by atoms with Crippen molar-refractivity contribution in [3.8, 4) is 0 Å². The predicted octanol–water partition coefficient (Wildman–Crippen LogP) is 2.14. The lowest BCUT2D eigenvalue weighted by atomic mass is 10.2. The Kier molecular flexibility index (Phi) is 4.51. The molecule has 3 aromatic rings. The summed E-state index contributed by atoms with van der Waals surface area (Å²) < 4.78 is 0. The first-order chi connectivity index (χ1) is 12.7. The summed E-state index contributed by atoms with van der Waals surface area (Å²) in [5, 5.41) is 11.1. The minimum Gasteiger partial charge on any atom is -0.350 e. The average molecular weight is 350 g/mol. The molecule has 1 fully saturated rings. The first-order valence-corrected chi connectivity index (χ1v) is 8.66.